The number of carbonyl (C=O) groups is 1. The maximum Gasteiger partial charge on any atom is 0.416 e. The average Bonchev–Trinajstić information content (AvgIpc) is 2.30. The first-order valence-corrected chi connectivity index (χ1v) is 6.18. The molecule has 1 aromatic rings. The van der Waals surface area contributed by atoms with Gasteiger partial charge in [0.25, 0.3) is 0 Å². The predicted octanol–water partition coefficient (Wildman–Crippen LogP) is 2.03. The molecule has 0 saturated carbocycles. The van der Waals surface area contributed by atoms with Gasteiger partial charge in [0.2, 0.25) is 0 Å². The summed E-state index contributed by atoms with van der Waals surface area (Å²) in [6, 6.07) is 4.70. The standard InChI is InChI=1S/C13H15F3N2O2/c14-13(15,16)10-3-1-2-9(6-10)4-5-20-11-7-18(8-11)12(17)19/h1-3,6,11H,4-5,7-8H2,(H2,17,19). The first kappa shape index (κ1) is 14.6. The molecular weight excluding hydrogens is 273 g/mol. The summed E-state index contributed by atoms with van der Waals surface area (Å²) in [5, 5.41) is 0. The van der Waals surface area contributed by atoms with Crippen LogP contribution in [0.4, 0.5) is 18.0 Å². The molecule has 4 nitrogen and oxygen atoms in total. The van der Waals surface area contributed by atoms with E-state index >= 15 is 0 Å². The van der Waals surface area contributed by atoms with E-state index in [0.717, 1.165) is 12.1 Å². The smallest absolute Gasteiger partial charge is 0.374 e. The number of hydrogen-bond donors (Lipinski definition) is 1. The van der Waals surface area contributed by atoms with Crippen molar-refractivity contribution in [1.82, 2.24) is 4.90 Å². The van der Waals surface area contributed by atoms with E-state index in [9.17, 15) is 18.0 Å². The number of likely N-dealkylation sites (tertiary alicyclic amines) is 1. The molecule has 110 valence electrons. The van der Waals surface area contributed by atoms with Crippen LogP contribution in [0, 0.1) is 0 Å². The lowest BCUT2D eigenvalue weighted by atomic mass is 10.1. The Balaban J connectivity index is 1.77. The van der Waals surface area contributed by atoms with Crippen LogP contribution in [0.5, 0.6) is 0 Å². The molecule has 1 aliphatic heterocycles. The number of urea groups is 1. The van der Waals surface area contributed by atoms with Gasteiger partial charge in [-0.15, -0.1) is 0 Å². The van der Waals surface area contributed by atoms with Crippen molar-refractivity contribution in [3.8, 4) is 0 Å². The van der Waals surface area contributed by atoms with E-state index in [0.29, 0.717) is 31.7 Å². The average molecular weight is 288 g/mol. The quantitative estimate of drug-likeness (QED) is 0.921. The van der Waals surface area contributed by atoms with Gasteiger partial charge in [-0.1, -0.05) is 18.2 Å². The molecule has 1 aromatic carbocycles. The maximum atomic E-state index is 12.5. The molecule has 20 heavy (non-hydrogen) atoms. The Hall–Kier alpha value is -1.76. The largest absolute Gasteiger partial charge is 0.416 e. The monoisotopic (exact) mass is 288 g/mol. The number of carbonyl (C=O) groups excluding carboxylic acids is 1. The summed E-state index contributed by atoms with van der Waals surface area (Å²) >= 11 is 0. The molecule has 0 bridgehead atoms. The van der Waals surface area contributed by atoms with Crippen LogP contribution in [-0.2, 0) is 17.3 Å². The zero-order valence-electron chi connectivity index (χ0n) is 10.7. The molecule has 0 spiro atoms. The van der Waals surface area contributed by atoms with E-state index < -0.39 is 17.8 Å². The van der Waals surface area contributed by atoms with Gasteiger partial charge in [-0.2, -0.15) is 13.2 Å². The summed E-state index contributed by atoms with van der Waals surface area (Å²) in [7, 11) is 0. The van der Waals surface area contributed by atoms with Crippen molar-refractivity contribution in [2.45, 2.75) is 18.7 Å². The molecule has 0 unspecified atom stereocenters. The molecule has 0 atom stereocenters. The first-order valence-electron chi connectivity index (χ1n) is 6.18. The zero-order chi connectivity index (χ0) is 14.8. The third-order valence-electron chi connectivity index (χ3n) is 3.16. The summed E-state index contributed by atoms with van der Waals surface area (Å²) < 4.78 is 43.0. The molecule has 0 aliphatic carbocycles. The molecule has 2 N–H and O–H groups in total. The highest BCUT2D eigenvalue weighted by atomic mass is 19.4. The Morgan fingerprint density at radius 3 is 2.70 bits per heavy atom. The van der Waals surface area contributed by atoms with Crippen molar-refractivity contribution >= 4 is 6.03 Å². The number of rotatable bonds is 4. The summed E-state index contributed by atoms with van der Waals surface area (Å²) in [6.45, 7) is 1.20. The van der Waals surface area contributed by atoms with E-state index in [4.69, 9.17) is 10.5 Å². The van der Waals surface area contributed by atoms with Crippen LogP contribution in [0.1, 0.15) is 11.1 Å². The van der Waals surface area contributed by atoms with Crippen LogP contribution in [0.25, 0.3) is 0 Å². The van der Waals surface area contributed by atoms with Gasteiger partial charge >= 0.3 is 12.2 Å². The number of primary amides is 1. The number of amides is 2. The van der Waals surface area contributed by atoms with Gasteiger partial charge in [-0.3, -0.25) is 0 Å². The minimum Gasteiger partial charge on any atom is -0.374 e. The summed E-state index contributed by atoms with van der Waals surface area (Å²) in [5.74, 6) is 0. The molecule has 1 saturated heterocycles. The molecular formula is C13H15F3N2O2. The summed E-state index contributed by atoms with van der Waals surface area (Å²) in [5.41, 5.74) is 4.98. The van der Waals surface area contributed by atoms with Crippen molar-refractivity contribution in [2.24, 2.45) is 5.73 Å². The first-order chi connectivity index (χ1) is 9.36. The highest BCUT2D eigenvalue weighted by molar-refractivity contribution is 5.73. The van der Waals surface area contributed by atoms with Crippen molar-refractivity contribution in [2.75, 3.05) is 19.7 Å². The molecule has 1 fully saturated rings. The van der Waals surface area contributed by atoms with Gasteiger partial charge in [0.1, 0.15) is 0 Å². The van der Waals surface area contributed by atoms with Crippen LogP contribution in [0.2, 0.25) is 0 Å². The van der Waals surface area contributed by atoms with Gasteiger partial charge in [0.05, 0.1) is 31.4 Å². The summed E-state index contributed by atoms with van der Waals surface area (Å²) in [4.78, 5) is 12.2. The minimum atomic E-state index is -4.33. The lowest BCUT2D eigenvalue weighted by Gasteiger charge is -2.37. The fourth-order valence-electron chi connectivity index (χ4n) is 1.97. The van der Waals surface area contributed by atoms with E-state index in [2.05, 4.69) is 0 Å². The van der Waals surface area contributed by atoms with E-state index in [-0.39, 0.29) is 6.10 Å². The summed E-state index contributed by atoms with van der Waals surface area (Å²) in [6.07, 6.45) is -4.00. The third-order valence-corrected chi connectivity index (χ3v) is 3.16. The lowest BCUT2D eigenvalue weighted by molar-refractivity contribution is -0.137. The maximum absolute atomic E-state index is 12.5. The second kappa shape index (κ2) is 5.70. The molecule has 7 heteroatoms. The topological polar surface area (TPSA) is 55.6 Å². The lowest BCUT2D eigenvalue weighted by Crippen LogP contribution is -2.56. The van der Waals surface area contributed by atoms with Crippen LogP contribution >= 0.6 is 0 Å². The Morgan fingerprint density at radius 1 is 1.40 bits per heavy atom. The fourth-order valence-corrected chi connectivity index (χ4v) is 1.97. The molecule has 1 aliphatic rings. The fraction of sp³-hybridized carbons (Fsp3) is 0.462. The molecule has 1 heterocycles. The molecule has 2 rings (SSSR count). The number of halogens is 3. The highest BCUT2D eigenvalue weighted by Crippen LogP contribution is 2.29. The van der Waals surface area contributed by atoms with Crippen LogP contribution in [-0.4, -0.2) is 36.7 Å². The molecule has 0 radical (unpaired) electrons. The molecule has 0 aromatic heterocycles. The number of hydrogen-bond acceptors (Lipinski definition) is 2. The number of nitrogens with two attached hydrogens (primary N) is 1. The number of ether oxygens (including phenoxy) is 1. The van der Waals surface area contributed by atoms with E-state index in [1.807, 2.05) is 0 Å². The second-order valence-electron chi connectivity index (χ2n) is 4.68. The van der Waals surface area contributed by atoms with Crippen molar-refractivity contribution in [3.63, 3.8) is 0 Å². The third kappa shape index (κ3) is 3.63. The van der Waals surface area contributed by atoms with Crippen LogP contribution < -0.4 is 5.73 Å². The number of nitrogens with zero attached hydrogens (tertiary/aromatic N) is 1. The highest BCUT2D eigenvalue weighted by Gasteiger charge is 2.31. The van der Waals surface area contributed by atoms with Gasteiger partial charge in [0.15, 0.2) is 0 Å². The number of alkyl halides is 3. The second-order valence-corrected chi connectivity index (χ2v) is 4.68. The van der Waals surface area contributed by atoms with Crippen molar-refractivity contribution in [3.05, 3.63) is 35.4 Å². The van der Waals surface area contributed by atoms with E-state index in [1.54, 1.807) is 6.07 Å². The van der Waals surface area contributed by atoms with Gasteiger partial charge < -0.3 is 15.4 Å². The van der Waals surface area contributed by atoms with Gasteiger partial charge in [-0.25, -0.2) is 4.79 Å². The van der Waals surface area contributed by atoms with Crippen molar-refractivity contribution in [1.29, 1.82) is 0 Å². The minimum absolute atomic E-state index is 0.0756. The Labute approximate surface area is 114 Å². The Bertz CT molecular complexity index is 485. The van der Waals surface area contributed by atoms with Crippen LogP contribution in [0.15, 0.2) is 24.3 Å². The molecule has 2 amide bonds. The zero-order valence-corrected chi connectivity index (χ0v) is 10.7. The van der Waals surface area contributed by atoms with Gasteiger partial charge in [0, 0.05) is 0 Å². The predicted molar refractivity (Wildman–Crippen MR) is 66.0 cm³/mol. The van der Waals surface area contributed by atoms with Crippen LogP contribution in [0.3, 0.4) is 0 Å². The van der Waals surface area contributed by atoms with Gasteiger partial charge in [-0.05, 0) is 18.1 Å². The van der Waals surface area contributed by atoms with Crippen molar-refractivity contribution < 1.29 is 22.7 Å². The number of benzene rings is 1. The Morgan fingerprint density at radius 2 is 2.10 bits per heavy atom. The SMILES string of the molecule is NC(=O)N1CC(OCCc2cccc(C(F)(F)F)c2)C1. The normalized spacial score (nSPS) is 16.1. The van der Waals surface area contributed by atoms with E-state index in [1.165, 1.54) is 11.0 Å². The Kier molecular flexibility index (Phi) is 4.17.